The molecule has 0 radical (unpaired) electrons. The number of methoxy groups -OCH3 is 1. The molecule has 6 heteroatoms. The third kappa shape index (κ3) is 4.63. The van der Waals surface area contributed by atoms with Crippen LogP contribution in [0.3, 0.4) is 0 Å². The Balaban J connectivity index is 1.57. The number of aromatic nitrogens is 1. The first kappa shape index (κ1) is 20.7. The van der Waals surface area contributed by atoms with Crippen LogP contribution in [0.2, 0.25) is 0 Å². The van der Waals surface area contributed by atoms with Gasteiger partial charge in [-0.2, -0.15) is 0 Å². The van der Waals surface area contributed by atoms with E-state index in [9.17, 15) is 4.79 Å². The zero-order valence-corrected chi connectivity index (χ0v) is 18.1. The molecule has 1 aliphatic heterocycles. The molecule has 4 rings (SSSR count). The van der Waals surface area contributed by atoms with E-state index < -0.39 is 0 Å². The van der Waals surface area contributed by atoms with Gasteiger partial charge in [0.15, 0.2) is 5.82 Å². The zero-order chi connectivity index (χ0) is 21.8. The Morgan fingerprint density at radius 1 is 1.23 bits per heavy atom. The first-order valence-electron chi connectivity index (χ1n) is 10.4. The summed E-state index contributed by atoms with van der Waals surface area (Å²) in [7, 11) is 1.38. The number of nitrogens with one attached hydrogen (secondary N) is 1. The average molecular weight is 418 g/mol. The van der Waals surface area contributed by atoms with Crippen molar-refractivity contribution in [3.63, 3.8) is 0 Å². The summed E-state index contributed by atoms with van der Waals surface area (Å²) in [6, 6.07) is 17.9. The molecule has 1 N–H and O–H groups in total. The highest BCUT2D eigenvalue weighted by Crippen LogP contribution is 2.39. The van der Waals surface area contributed by atoms with Gasteiger partial charge < -0.3 is 19.7 Å². The highest BCUT2D eigenvalue weighted by molar-refractivity contribution is 5.89. The standard InChI is InChI=1S/C25H27N3O3/c1-17-5-4-6-19(15-17)16-28-13-14-31-22-11-12-26-24(23(22)28)27-18(2)20-7-9-21(10-8-20)25(29)30-3/h4-12,15,18H,13-14,16H2,1-3H3,(H,26,27). The fourth-order valence-electron chi connectivity index (χ4n) is 3.84. The van der Waals surface area contributed by atoms with Gasteiger partial charge in [-0.3, -0.25) is 0 Å². The van der Waals surface area contributed by atoms with Gasteiger partial charge in [0.1, 0.15) is 18.0 Å². The summed E-state index contributed by atoms with van der Waals surface area (Å²) >= 11 is 0. The van der Waals surface area contributed by atoms with Crippen molar-refractivity contribution in [3.8, 4) is 5.75 Å². The Kier molecular flexibility index (Phi) is 6.07. The lowest BCUT2D eigenvalue weighted by Gasteiger charge is -2.33. The van der Waals surface area contributed by atoms with E-state index in [0.717, 1.165) is 35.9 Å². The second-order valence-electron chi connectivity index (χ2n) is 7.74. The third-order valence-electron chi connectivity index (χ3n) is 5.46. The van der Waals surface area contributed by atoms with Crippen LogP contribution in [0.15, 0.2) is 60.8 Å². The van der Waals surface area contributed by atoms with E-state index in [0.29, 0.717) is 12.2 Å². The number of anilines is 2. The number of aryl methyl sites for hydroxylation is 1. The van der Waals surface area contributed by atoms with E-state index in [1.54, 1.807) is 18.3 Å². The van der Waals surface area contributed by atoms with Gasteiger partial charge in [-0.1, -0.05) is 42.0 Å². The summed E-state index contributed by atoms with van der Waals surface area (Å²) in [6.07, 6.45) is 1.77. The smallest absolute Gasteiger partial charge is 0.337 e. The van der Waals surface area contributed by atoms with Gasteiger partial charge >= 0.3 is 5.97 Å². The minimum atomic E-state index is -0.338. The monoisotopic (exact) mass is 417 g/mol. The largest absolute Gasteiger partial charge is 0.489 e. The Morgan fingerprint density at radius 2 is 2.03 bits per heavy atom. The van der Waals surface area contributed by atoms with Crippen molar-refractivity contribution >= 4 is 17.5 Å². The molecule has 0 fully saturated rings. The molecule has 1 unspecified atom stereocenters. The van der Waals surface area contributed by atoms with Gasteiger partial charge in [-0.25, -0.2) is 9.78 Å². The number of carbonyl (C=O) groups excluding carboxylic acids is 1. The number of pyridine rings is 1. The van der Waals surface area contributed by atoms with Gasteiger partial charge in [0.05, 0.1) is 25.3 Å². The number of benzene rings is 2. The number of hydrogen-bond donors (Lipinski definition) is 1. The summed E-state index contributed by atoms with van der Waals surface area (Å²) in [5.74, 6) is 1.29. The SMILES string of the molecule is COC(=O)c1ccc(C(C)Nc2nccc3c2N(Cc2cccc(C)c2)CCO3)cc1. The van der Waals surface area contributed by atoms with Crippen LogP contribution in [0.1, 0.15) is 40.0 Å². The molecule has 160 valence electrons. The molecule has 0 saturated heterocycles. The maximum atomic E-state index is 11.7. The molecule has 0 aliphatic carbocycles. The lowest BCUT2D eigenvalue weighted by atomic mass is 10.1. The fourth-order valence-corrected chi connectivity index (χ4v) is 3.84. The summed E-state index contributed by atoms with van der Waals surface area (Å²) in [5.41, 5.74) is 5.07. The number of hydrogen-bond acceptors (Lipinski definition) is 6. The molecular formula is C25H27N3O3. The van der Waals surface area contributed by atoms with E-state index in [1.807, 2.05) is 18.2 Å². The summed E-state index contributed by atoms with van der Waals surface area (Å²) in [6.45, 7) is 6.41. The van der Waals surface area contributed by atoms with Crippen molar-refractivity contribution in [3.05, 3.63) is 83.0 Å². The van der Waals surface area contributed by atoms with E-state index in [2.05, 4.69) is 53.3 Å². The summed E-state index contributed by atoms with van der Waals surface area (Å²) in [4.78, 5) is 18.6. The number of fused-ring (bicyclic) bond motifs is 1. The Bertz CT molecular complexity index is 1070. The minimum absolute atomic E-state index is 0.00607. The Morgan fingerprint density at radius 3 is 2.77 bits per heavy atom. The van der Waals surface area contributed by atoms with Crippen molar-refractivity contribution in [2.45, 2.75) is 26.4 Å². The number of carbonyl (C=O) groups is 1. The zero-order valence-electron chi connectivity index (χ0n) is 18.1. The van der Waals surface area contributed by atoms with Crippen LogP contribution in [-0.2, 0) is 11.3 Å². The highest BCUT2D eigenvalue weighted by atomic mass is 16.5. The lowest BCUT2D eigenvalue weighted by molar-refractivity contribution is 0.0600. The molecule has 0 spiro atoms. The Hall–Kier alpha value is -3.54. The van der Waals surface area contributed by atoms with E-state index in [4.69, 9.17) is 9.47 Å². The average Bonchev–Trinajstić information content (AvgIpc) is 2.79. The summed E-state index contributed by atoms with van der Waals surface area (Å²) in [5, 5.41) is 3.53. The normalized spacial score (nSPS) is 13.7. The first-order valence-corrected chi connectivity index (χ1v) is 10.4. The van der Waals surface area contributed by atoms with Crippen molar-refractivity contribution in [2.24, 2.45) is 0 Å². The van der Waals surface area contributed by atoms with Crippen LogP contribution in [0, 0.1) is 6.92 Å². The second-order valence-corrected chi connectivity index (χ2v) is 7.74. The highest BCUT2D eigenvalue weighted by Gasteiger charge is 2.24. The summed E-state index contributed by atoms with van der Waals surface area (Å²) < 4.78 is 10.7. The van der Waals surface area contributed by atoms with Crippen molar-refractivity contribution < 1.29 is 14.3 Å². The molecule has 1 aliphatic rings. The second kappa shape index (κ2) is 9.08. The van der Waals surface area contributed by atoms with Crippen molar-refractivity contribution in [2.75, 3.05) is 30.5 Å². The molecule has 1 atom stereocenters. The predicted molar refractivity (Wildman–Crippen MR) is 122 cm³/mol. The van der Waals surface area contributed by atoms with Gasteiger partial charge in [0.25, 0.3) is 0 Å². The number of nitrogens with zero attached hydrogens (tertiary/aromatic N) is 2. The van der Waals surface area contributed by atoms with Gasteiger partial charge in [-0.15, -0.1) is 0 Å². The minimum Gasteiger partial charge on any atom is -0.489 e. The molecule has 3 aromatic rings. The van der Waals surface area contributed by atoms with Gasteiger partial charge in [-0.05, 0) is 37.1 Å². The van der Waals surface area contributed by atoms with Crippen LogP contribution in [-0.4, -0.2) is 31.2 Å². The van der Waals surface area contributed by atoms with E-state index in [-0.39, 0.29) is 12.0 Å². The Labute approximate surface area is 182 Å². The number of rotatable bonds is 6. The lowest BCUT2D eigenvalue weighted by Crippen LogP contribution is -2.33. The van der Waals surface area contributed by atoms with E-state index >= 15 is 0 Å². The predicted octanol–water partition coefficient (Wildman–Crippen LogP) is 4.75. The van der Waals surface area contributed by atoms with Crippen LogP contribution in [0.4, 0.5) is 11.5 Å². The fraction of sp³-hybridized carbons (Fsp3) is 0.280. The van der Waals surface area contributed by atoms with Crippen molar-refractivity contribution in [1.29, 1.82) is 0 Å². The van der Waals surface area contributed by atoms with Gasteiger partial charge in [0, 0.05) is 18.8 Å². The molecular weight excluding hydrogens is 390 g/mol. The molecule has 0 amide bonds. The molecule has 31 heavy (non-hydrogen) atoms. The molecule has 6 nitrogen and oxygen atoms in total. The molecule has 2 heterocycles. The first-order chi connectivity index (χ1) is 15.0. The third-order valence-corrected chi connectivity index (χ3v) is 5.46. The van der Waals surface area contributed by atoms with Gasteiger partial charge in [0.2, 0.25) is 0 Å². The molecule has 1 aromatic heterocycles. The maximum Gasteiger partial charge on any atom is 0.337 e. The molecule has 0 bridgehead atoms. The maximum absolute atomic E-state index is 11.7. The molecule has 2 aromatic carbocycles. The van der Waals surface area contributed by atoms with Crippen LogP contribution in [0.5, 0.6) is 5.75 Å². The van der Waals surface area contributed by atoms with Crippen LogP contribution < -0.4 is 15.0 Å². The quantitative estimate of drug-likeness (QED) is 0.584. The van der Waals surface area contributed by atoms with Crippen LogP contribution in [0.25, 0.3) is 0 Å². The number of ether oxygens (including phenoxy) is 2. The molecule has 0 saturated carbocycles. The van der Waals surface area contributed by atoms with Crippen molar-refractivity contribution in [1.82, 2.24) is 4.98 Å². The number of esters is 1. The van der Waals surface area contributed by atoms with E-state index in [1.165, 1.54) is 18.2 Å². The van der Waals surface area contributed by atoms with Crippen LogP contribution >= 0.6 is 0 Å². The topological polar surface area (TPSA) is 63.7 Å².